The van der Waals surface area contributed by atoms with Gasteiger partial charge in [0.2, 0.25) is 0 Å². The molecule has 18 rings (SSSR count). The molecule has 16 aromatic rings. The summed E-state index contributed by atoms with van der Waals surface area (Å²) >= 11 is 0. The van der Waals surface area contributed by atoms with E-state index in [1.54, 1.807) is 0 Å². The maximum absolute atomic E-state index is 2.60. The Kier molecular flexibility index (Phi) is 15.1. The molecule has 0 unspecified atom stereocenters. The molecule has 0 radical (unpaired) electrons. The van der Waals surface area contributed by atoms with Crippen molar-refractivity contribution in [2.24, 2.45) is 0 Å². The first-order valence-corrected chi connectivity index (χ1v) is 35.8. The van der Waals surface area contributed by atoms with Crippen molar-refractivity contribution < 1.29 is 0 Å². The molecular formula is C98H76BN3. The zero-order valence-electron chi connectivity index (χ0n) is 58.4. The van der Waals surface area contributed by atoms with E-state index in [9.17, 15) is 0 Å². The molecule has 3 nitrogen and oxygen atoms in total. The Morgan fingerprint density at radius 3 is 0.882 bits per heavy atom. The highest BCUT2D eigenvalue weighted by atomic mass is 15.2. The zero-order chi connectivity index (χ0) is 68.8. The Morgan fingerprint density at radius 2 is 0.529 bits per heavy atom. The van der Waals surface area contributed by atoms with Crippen molar-refractivity contribution >= 4 is 79.0 Å². The molecule has 102 heavy (non-hydrogen) atoms. The smallest absolute Gasteiger partial charge is 0.252 e. The van der Waals surface area contributed by atoms with Crippen molar-refractivity contribution in [3.8, 4) is 94.7 Å². The van der Waals surface area contributed by atoms with E-state index in [1.807, 2.05) is 0 Å². The van der Waals surface area contributed by atoms with Crippen LogP contribution in [0.15, 0.2) is 352 Å². The van der Waals surface area contributed by atoms with E-state index in [-0.39, 0.29) is 17.5 Å². The summed E-state index contributed by atoms with van der Waals surface area (Å²) < 4.78 is 2.57. The van der Waals surface area contributed by atoms with E-state index in [2.05, 4.69) is 408 Å². The second-order valence-corrected chi connectivity index (χ2v) is 29.7. The monoisotopic (exact) mass is 1310 g/mol. The van der Waals surface area contributed by atoms with E-state index in [0.29, 0.717) is 0 Å². The standard InChI is InChI=1S/C98H76BN3/c1-97(2,3)77-45-49-79(50-46-77)100-90-55-43-75(84-39-21-19-37-82(84)73-35-23-33-69(57-73)65-25-11-7-12-26-65)59-88(90)99-89-60-76(85-40-22-20-38-83(85)74-36-24-34-70(58-74)66-27-13-8-14-28-66)44-56-91(89)101(80-51-47-78(48-52-80)98(4,5)6)95-64-81(63-94(100)96(95)99)102-92-61-71(67-29-15-9-16-30-67)41-53-86(92)87-54-42-72(62-93(87)102)68-31-17-10-18-32-68/h7-64H,1-6H3. The highest BCUT2D eigenvalue weighted by molar-refractivity contribution is 7.00. The fourth-order valence-electron chi connectivity index (χ4n) is 16.1. The Morgan fingerprint density at radius 1 is 0.225 bits per heavy atom. The minimum absolute atomic E-state index is 0.0626. The molecule has 0 amide bonds. The maximum atomic E-state index is 2.60. The lowest BCUT2D eigenvalue weighted by Crippen LogP contribution is -2.61. The molecule has 0 spiro atoms. The van der Waals surface area contributed by atoms with Crippen molar-refractivity contribution in [1.82, 2.24) is 4.57 Å². The van der Waals surface area contributed by atoms with Gasteiger partial charge in [0.1, 0.15) is 0 Å². The van der Waals surface area contributed by atoms with Crippen LogP contribution in [0.25, 0.3) is 117 Å². The molecule has 2 aliphatic rings. The molecule has 486 valence electrons. The van der Waals surface area contributed by atoms with Crippen molar-refractivity contribution in [3.63, 3.8) is 0 Å². The summed E-state index contributed by atoms with van der Waals surface area (Å²) in [5.74, 6) is 0. The third-order valence-electron chi connectivity index (χ3n) is 21.3. The molecule has 0 atom stereocenters. The van der Waals surface area contributed by atoms with Crippen LogP contribution in [0.3, 0.4) is 0 Å². The second-order valence-electron chi connectivity index (χ2n) is 29.7. The molecule has 0 aliphatic carbocycles. The van der Waals surface area contributed by atoms with Gasteiger partial charge in [-0.2, -0.15) is 0 Å². The Balaban J connectivity index is 0.942. The van der Waals surface area contributed by atoms with Crippen LogP contribution >= 0.6 is 0 Å². The number of hydrogen-bond donors (Lipinski definition) is 0. The Labute approximate surface area is 599 Å². The first kappa shape index (κ1) is 62.0. The van der Waals surface area contributed by atoms with Crippen LogP contribution in [0.2, 0.25) is 0 Å². The molecule has 0 saturated heterocycles. The maximum Gasteiger partial charge on any atom is 0.252 e. The average molecular weight is 1310 g/mol. The minimum Gasteiger partial charge on any atom is -0.311 e. The SMILES string of the molecule is CC(C)(C)c1ccc(N2c3ccc(-c4ccccc4-c4cccc(-c5ccccc5)c4)cc3B3c4cc(-c5ccccc5-c5cccc(-c6ccccc6)c5)ccc4N(c4ccc(C(C)(C)C)cc4)c4cc(-n5c6cc(-c7ccccc7)ccc6c6ccc(-c7ccccc7)cc65)cc2c43)cc1. The molecule has 15 aromatic carbocycles. The van der Waals surface area contributed by atoms with Crippen LogP contribution in [0.1, 0.15) is 52.7 Å². The Bertz CT molecular complexity index is 5520. The van der Waals surface area contributed by atoms with Crippen molar-refractivity contribution in [1.29, 1.82) is 0 Å². The van der Waals surface area contributed by atoms with Gasteiger partial charge < -0.3 is 14.4 Å². The van der Waals surface area contributed by atoms with Crippen LogP contribution in [-0.2, 0) is 10.8 Å². The van der Waals surface area contributed by atoms with Crippen molar-refractivity contribution in [2.45, 2.75) is 52.4 Å². The van der Waals surface area contributed by atoms with E-state index in [1.165, 1.54) is 116 Å². The average Bonchev–Trinajstić information content (AvgIpc) is 0.782. The molecule has 1 aromatic heterocycles. The number of anilines is 6. The second kappa shape index (κ2) is 24.9. The van der Waals surface area contributed by atoms with E-state index in [0.717, 1.165) is 62.0 Å². The predicted octanol–water partition coefficient (Wildman–Crippen LogP) is 24.8. The molecule has 0 bridgehead atoms. The van der Waals surface area contributed by atoms with E-state index < -0.39 is 0 Å². The molecular weight excluding hydrogens is 1230 g/mol. The summed E-state index contributed by atoms with van der Waals surface area (Å²) in [7, 11) is 0. The van der Waals surface area contributed by atoms with E-state index >= 15 is 0 Å². The lowest BCUT2D eigenvalue weighted by Gasteiger charge is -2.45. The van der Waals surface area contributed by atoms with Crippen LogP contribution in [0.5, 0.6) is 0 Å². The van der Waals surface area contributed by atoms with Gasteiger partial charge in [-0.25, -0.2) is 0 Å². The minimum atomic E-state index is -0.237. The summed E-state index contributed by atoms with van der Waals surface area (Å²) in [5, 5.41) is 2.40. The molecule has 3 heterocycles. The number of benzene rings is 15. The number of nitrogens with zero attached hydrogens (tertiary/aromatic N) is 3. The van der Waals surface area contributed by atoms with Gasteiger partial charge in [-0.1, -0.05) is 321 Å². The highest BCUT2D eigenvalue weighted by Crippen LogP contribution is 2.50. The fourth-order valence-corrected chi connectivity index (χ4v) is 16.1. The summed E-state index contributed by atoms with van der Waals surface area (Å²) in [4.78, 5) is 5.20. The number of rotatable bonds is 11. The molecule has 0 N–H and O–H groups in total. The summed E-state index contributed by atoms with van der Waals surface area (Å²) in [6.07, 6.45) is 0. The van der Waals surface area contributed by atoms with Crippen molar-refractivity contribution in [3.05, 3.63) is 363 Å². The van der Waals surface area contributed by atoms with Gasteiger partial charge in [0.05, 0.1) is 16.7 Å². The summed E-state index contributed by atoms with van der Waals surface area (Å²) in [5.41, 5.74) is 35.2. The number of fused-ring (bicyclic) bond motifs is 7. The highest BCUT2D eigenvalue weighted by Gasteiger charge is 2.45. The molecule has 0 saturated carbocycles. The van der Waals surface area contributed by atoms with Gasteiger partial charge >= 0.3 is 0 Å². The quantitative estimate of drug-likeness (QED) is 0.120. The first-order chi connectivity index (χ1) is 49.8. The number of hydrogen-bond acceptors (Lipinski definition) is 2. The van der Waals surface area contributed by atoms with Crippen LogP contribution in [0, 0.1) is 0 Å². The van der Waals surface area contributed by atoms with Gasteiger partial charge in [0, 0.05) is 44.9 Å². The normalized spacial score (nSPS) is 12.5. The zero-order valence-corrected chi connectivity index (χ0v) is 58.4. The summed E-state index contributed by atoms with van der Waals surface area (Å²) in [6, 6.07) is 132. The van der Waals surface area contributed by atoms with Gasteiger partial charge in [0.15, 0.2) is 0 Å². The third-order valence-corrected chi connectivity index (χ3v) is 21.3. The van der Waals surface area contributed by atoms with Gasteiger partial charge in [-0.3, -0.25) is 0 Å². The third kappa shape index (κ3) is 10.9. The van der Waals surface area contributed by atoms with Gasteiger partial charge in [-0.05, 0) is 200 Å². The fraction of sp³-hybridized carbons (Fsp3) is 0.0816. The van der Waals surface area contributed by atoms with E-state index in [4.69, 9.17) is 0 Å². The number of aromatic nitrogens is 1. The lowest BCUT2D eigenvalue weighted by atomic mass is 9.33. The first-order valence-electron chi connectivity index (χ1n) is 35.8. The molecule has 2 aliphatic heterocycles. The predicted molar refractivity (Wildman–Crippen MR) is 436 cm³/mol. The Hall–Kier alpha value is -12.2. The van der Waals surface area contributed by atoms with Gasteiger partial charge in [-0.15, -0.1) is 0 Å². The van der Waals surface area contributed by atoms with Crippen LogP contribution in [0.4, 0.5) is 34.1 Å². The van der Waals surface area contributed by atoms with Gasteiger partial charge in [0.25, 0.3) is 6.71 Å². The molecule has 4 heteroatoms. The van der Waals surface area contributed by atoms with Crippen LogP contribution < -0.4 is 26.2 Å². The topological polar surface area (TPSA) is 11.4 Å². The lowest BCUT2D eigenvalue weighted by molar-refractivity contribution is 0.590. The van der Waals surface area contributed by atoms with Crippen LogP contribution in [-0.4, -0.2) is 11.3 Å². The largest absolute Gasteiger partial charge is 0.311 e. The molecule has 0 fully saturated rings. The van der Waals surface area contributed by atoms with Crippen molar-refractivity contribution in [2.75, 3.05) is 9.80 Å². The summed E-state index contributed by atoms with van der Waals surface area (Å²) in [6.45, 7) is 13.6.